The van der Waals surface area contributed by atoms with Crippen LogP contribution in [0.25, 0.3) is 0 Å². The summed E-state index contributed by atoms with van der Waals surface area (Å²) in [6.07, 6.45) is 8.92. The summed E-state index contributed by atoms with van der Waals surface area (Å²) in [7, 11) is 0. The zero-order valence-corrected chi connectivity index (χ0v) is 10.8. The van der Waals surface area contributed by atoms with Crippen molar-refractivity contribution >= 4 is 11.8 Å². The van der Waals surface area contributed by atoms with Crippen molar-refractivity contribution in [2.24, 2.45) is 11.8 Å². The predicted octanol–water partition coefficient (Wildman–Crippen LogP) is 1.35. The Bertz CT molecular complexity index is 346. The summed E-state index contributed by atoms with van der Waals surface area (Å²) in [5.74, 6) is 0.110. The van der Waals surface area contributed by atoms with Crippen molar-refractivity contribution in [3.8, 4) is 0 Å². The molecule has 4 heteroatoms. The van der Waals surface area contributed by atoms with Crippen LogP contribution in [-0.2, 0) is 9.59 Å². The lowest BCUT2D eigenvalue weighted by Crippen LogP contribution is -2.38. The van der Waals surface area contributed by atoms with Crippen LogP contribution in [0.5, 0.6) is 0 Å². The van der Waals surface area contributed by atoms with Gasteiger partial charge in [-0.1, -0.05) is 19.3 Å². The highest BCUT2D eigenvalue weighted by Gasteiger charge is 2.49. The van der Waals surface area contributed by atoms with Crippen LogP contribution in [0.4, 0.5) is 0 Å². The van der Waals surface area contributed by atoms with Gasteiger partial charge in [0.05, 0.1) is 11.8 Å². The van der Waals surface area contributed by atoms with Crippen molar-refractivity contribution in [3.63, 3.8) is 0 Å². The van der Waals surface area contributed by atoms with Crippen molar-refractivity contribution in [3.05, 3.63) is 0 Å². The largest absolute Gasteiger partial charge is 0.353 e. The second kappa shape index (κ2) is 4.90. The summed E-state index contributed by atoms with van der Waals surface area (Å²) in [5, 5.41) is 6.10. The lowest BCUT2D eigenvalue weighted by atomic mass is 9.95. The molecule has 3 aliphatic rings. The molecule has 3 fully saturated rings. The molecule has 2 atom stereocenters. The van der Waals surface area contributed by atoms with Crippen LogP contribution in [0.15, 0.2) is 0 Å². The Morgan fingerprint density at radius 2 is 1.22 bits per heavy atom. The molecule has 100 valence electrons. The Balaban J connectivity index is 1.41. The molecule has 0 aliphatic heterocycles. The smallest absolute Gasteiger partial charge is 0.224 e. The first kappa shape index (κ1) is 12.0. The van der Waals surface area contributed by atoms with Crippen molar-refractivity contribution in [2.75, 3.05) is 0 Å². The van der Waals surface area contributed by atoms with E-state index in [0.717, 1.165) is 32.1 Å². The summed E-state index contributed by atoms with van der Waals surface area (Å²) in [5.41, 5.74) is 0. The standard InChI is InChI=1S/C14H22N2O2/c17-13(15-9-4-2-1-3-5-9)11-8-12(11)14(18)16-10-6-7-10/h9-12H,1-8H2,(H,15,17)(H,16,18). The van der Waals surface area contributed by atoms with Crippen LogP contribution in [0.1, 0.15) is 51.4 Å². The van der Waals surface area contributed by atoms with Crippen LogP contribution < -0.4 is 10.6 Å². The minimum Gasteiger partial charge on any atom is -0.353 e. The van der Waals surface area contributed by atoms with Gasteiger partial charge >= 0.3 is 0 Å². The minimum absolute atomic E-state index is 0.0470. The Kier molecular flexibility index (Phi) is 3.27. The molecule has 0 aromatic carbocycles. The Morgan fingerprint density at radius 3 is 1.72 bits per heavy atom. The average Bonchev–Trinajstić information content (AvgIpc) is 3.24. The highest BCUT2D eigenvalue weighted by molar-refractivity contribution is 5.92. The third-order valence-corrected chi connectivity index (χ3v) is 4.34. The van der Waals surface area contributed by atoms with Gasteiger partial charge in [0.25, 0.3) is 0 Å². The van der Waals surface area contributed by atoms with Gasteiger partial charge in [-0.15, -0.1) is 0 Å². The molecular formula is C14H22N2O2. The number of carbonyl (C=O) groups excluding carboxylic acids is 2. The van der Waals surface area contributed by atoms with E-state index in [1.165, 1.54) is 19.3 Å². The van der Waals surface area contributed by atoms with Crippen molar-refractivity contribution in [2.45, 2.75) is 63.5 Å². The maximum Gasteiger partial charge on any atom is 0.224 e. The van der Waals surface area contributed by atoms with Crippen LogP contribution in [0.2, 0.25) is 0 Å². The number of rotatable bonds is 4. The van der Waals surface area contributed by atoms with E-state index < -0.39 is 0 Å². The molecule has 0 heterocycles. The molecule has 2 unspecified atom stereocenters. The first-order valence-corrected chi connectivity index (χ1v) is 7.35. The quantitative estimate of drug-likeness (QED) is 0.791. The van der Waals surface area contributed by atoms with E-state index in [-0.39, 0.29) is 23.7 Å². The van der Waals surface area contributed by atoms with Crippen LogP contribution in [0.3, 0.4) is 0 Å². The monoisotopic (exact) mass is 250 g/mol. The molecule has 3 saturated carbocycles. The van der Waals surface area contributed by atoms with E-state index in [2.05, 4.69) is 10.6 Å². The van der Waals surface area contributed by atoms with Crippen LogP contribution >= 0.6 is 0 Å². The fourth-order valence-corrected chi connectivity index (χ4v) is 2.87. The van der Waals surface area contributed by atoms with Gasteiger partial charge in [-0.05, 0) is 32.1 Å². The molecule has 2 amide bonds. The molecule has 0 spiro atoms. The maximum atomic E-state index is 12.0. The summed E-state index contributed by atoms with van der Waals surface area (Å²) in [4.78, 5) is 23.8. The van der Waals surface area contributed by atoms with Crippen molar-refractivity contribution in [1.82, 2.24) is 10.6 Å². The van der Waals surface area contributed by atoms with Gasteiger partial charge in [0, 0.05) is 12.1 Å². The molecule has 3 rings (SSSR count). The van der Waals surface area contributed by atoms with Gasteiger partial charge < -0.3 is 10.6 Å². The molecule has 0 aromatic rings. The van der Waals surface area contributed by atoms with Crippen molar-refractivity contribution in [1.29, 1.82) is 0 Å². The van der Waals surface area contributed by atoms with E-state index in [4.69, 9.17) is 0 Å². The number of amides is 2. The molecule has 4 nitrogen and oxygen atoms in total. The molecule has 0 aromatic heterocycles. The van der Waals surface area contributed by atoms with Crippen LogP contribution in [0, 0.1) is 11.8 Å². The van der Waals surface area contributed by atoms with Crippen LogP contribution in [-0.4, -0.2) is 23.9 Å². The Labute approximate surface area is 108 Å². The fourth-order valence-electron chi connectivity index (χ4n) is 2.87. The van der Waals surface area contributed by atoms with Gasteiger partial charge in [-0.3, -0.25) is 9.59 Å². The normalized spacial score (nSPS) is 31.8. The first-order chi connectivity index (χ1) is 8.74. The zero-order chi connectivity index (χ0) is 12.5. The molecule has 18 heavy (non-hydrogen) atoms. The Morgan fingerprint density at radius 1 is 0.722 bits per heavy atom. The average molecular weight is 250 g/mol. The Hall–Kier alpha value is -1.06. The molecular weight excluding hydrogens is 228 g/mol. The van der Waals surface area contributed by atoms with Crippen molar-refractivity contribution < 1.29 is 9.59 Å². The lowest BCUT2D eigenvalue weighted by molar-refractivity contribution is -0.127. The van der Waals surface area contributed by atoms with E-state index in [0.29, 0.717) is 12.1 Å². The number of hydrogen-bond acceptors (Lipinski definition) is 2. The SMILES string of the molecule is O=C(NC1CCCCC1)C1CC1C(=O)NC1CC1. The molecule has 3 aliphatic carbocycles. The van der Waals surface area contributed by atoms with Gasteiger partial charge in [0.1, 0.15) is 0 Å². The van der Waals surface area contributed by atoms with Gasteiger partial charge in [-0.2, -0.15) is 0 Å². The molecule has 0 radical (unpaired) electrons. The first-order valence-electron chi connectivity index (χ1n) is 7.35. The summed E-state index contributed by atoms with van der Waals surface area (Å²) >= 11 is 0. The maximum absolute atomic E-state index is 12.0. The van der Waals surface area contributed by atoms with E-state index in [9.17, 15) is 9.59 Å². The number of nitrogens with one attached hydrogen (secondary N) is 2. The minimum atomic E-state index is -0.0503. The second-order valence-electron chi connectivity index (χ2n) is 6.08. The highest BCUT2D eigenvalue weighted by atomic mass is 16.2. The number of carbonyl (C=O) groups is 2. The number of hydrogen-bond donors (Lipinski definition) is 2. The summed E-state index contributed by atoms with van der Waals surface area (Å²) in [6.45, 7) is 0. The summed E-state index contributed by atoms with van der Waals surface area (Å²) < 4.78 is 0. The summed E-state index contributed by atoms with van der Waals surface area (Å²) in [6, 6.07) is 0.763. The molecule has 2 N–H and O–H groups in total. The fraction of sp³-hybridized carbons (Fsp3) is 0.857. The predicted molar refractivity (Wildman–Crippen MR) is 67.8 cm³/mol. The second-order valence-corrected chi connectivity index (χ2v) is 6.08. The topological polar surface area (TPSA) is 58.2 Å². The van der Waals surface area contributed by atoms with E-state index >= 15 is 0 Å². The highest BCUT2D eigenvalue weighted by Crippen LogP contribution is 2.39. The third kappa shape index (κ3) is 2.85. The third-order valence-electron chi connectivity index (χ3n) is 4.34. The van der Waals surface area contributed by atoms with Gasteiger partial charge in [0.15, 0.2) is 0 Å². The van der Waals surface area contributed by atoms with E-state index in [1.54, 1.807) is 0 Å². The van der Waals surface area contributed by atoms with Gasteiger partial charge in [-0.25, -0.2) is 0 Å². The molecule has 0 bridgehead atoms. The van der Waals surface area contributed by atoms with E-state index in [1.807, 2.05) is 0 Å². The van der Waals surface area contributed by atoms with Gasteiger partial charge in [0.2, 0.25) is 11.8 Å². The molecule has 0 saturated heterocycles. The lowest BCUT2D eigenvalue weighted by Gasteiger charge is -2.22. The zero-order valence-electron chi connectivity index (χ0n) is 10.8.